The van der Waals surface area contributed by atoms with Gasteiger partial charge in [-0.1, -0.05) is 32.1 Å². The van der Waals surface area contributed by atoms with E-state index in [1.54, 1.807) is 11.4 Å². The first-order valence-electron chi connectivity index (χ1n) is 5.61. The molecule has 0 atom stereocenters. The van der Waals surface area contributed by atoms with Crippen LogP contribution in [0.1, 0.15) is 33.0 Å². The number of carbonyl (C=O) groups excluding carboxylic acids is 1. The van der Waals surface area contributed by atoms with Crippen molar-refractivity contribution in [2.24, 2.45) is 5.92 Å². The van der Waals surface area contributed by atoms with Gasteiger partial charge in [0.05, 0.1) is 0 Å². The molecular weight excluding hydrogens is 238 g/mol. The molecule has 0 fully saturated rings. The minimum Gasteiger partial charge on any atom is -0.301 e. The number of hydrogen-bond donors (Lipinski definition) is 1. The maximum absolute atomic E-state index is 11.3. The Kier molecular flexibility index (Phi) is 3.37. The molecule has 1 N–H and O–H groups in total. The van der Waals surface area contributed by atoms with Gasteiger partial charge in [0.15, 0.2) is 5.82 Å². The van der Waals surface area contributed by atoms with Crippen molar-refractivity contribution in [3.8, 4) is 0 Å². The maximum Gasteiger partial charge on any atom is 0.236 e. The van der Waals surface area contributed by atoms with Gasteiger partial charge in [-0.05, 0) is 5.92 Å². The molecule has 0 aliphatic rings. The molecule has 0 radical (unpaired) electrons. The zero-order valence-electron chi connectivity index (χ0n) is 10.1. The Morgan fingerprint density at radius 2 is 2.24 bits per heavy atom. The van der Waals surface area contributed by atoms with Gasteiger partial charge in [-0.2, -0.15) is 4.52 Å². The summed E-state index contributed by atoms with van der Waals surface area (Å²) in [4.78, 5) is 12.0. The maximum atomic E-state index is 11.3. The number of nitrogens with zero attached hydrogens (tertiary/aromatic N) is 4. The van der Waals surface area contributed by atoms with Crippen molar-refractivity contribution in [1.29, 1.82) is 0 Å². The van der Waals surface area contributed by atoms with E-state index >= 15 is 0 Å². The summed E-state index contributed by atoms with van der Waals surface area (Å²) >= 11 is 1.34. The molecule has 92 valence electrons. The van der Waals surface area contributed by atoms with Gasteiger partial charge >= 0.3 is 0 Å². The van der Waals surface area contributed by atoms with Crippen LogP contribution in [0.2, 0.25) is 0 Å². The van der Waals surface area contributed by atoms with E-state index in [-0.39, 0.29) is 5.91 Å². The predicted octanol–water partition coefficient (Wildman–Crippen LogP) is 1.73. The van der Waals surface area contributed by atoms with Crippen LogP contribution in [0.5, 0.6) is 0 Å². The molecule has 2 aromatic rings. The van der Waals surface area contributed by atoms with E-state index in [1.165, 1.54) is 11.3 Å². The van der Waals surface area contributed by atoms with Gasteiger partial charge in [0.2, 0.25) is 16.0 Å². The molecule has 7 heteroatoms. The minimum atomic E-state index is -0.0413. The van der Waals surface area contributed by atoms with Crippen molar-refractivity contribution in [2.45, 2.75) is 33.6 Å². The number of rotatable bonds is 4. The number of hydrogen-bond acceptors (Lipinski definition) is 5. The minimum absolute atomic E-state index is 0.0413. The highest BCUT2D eigenvalue weighted by atomic mass is 32.1. The molecule has 0 spiro atoms. The molecule has 0 aromatic carbocycles. The van der Waals surface area contributed by atoms with Crippen LogP contribution in [0.15, 0.2) is 0 Å². The van der Waals surface area contributed by atoms with E-state index in [2.05, 4.69) is 34.5 Å². The van der Waals surface area contributed by atoms with Gasteiger partial charge in [0.1, 0.15) is 0 Å². The van der Waals surface area contributed by atoms with Crippen LogP contribution in [0.4, 0.5) is 5.13 Å². The summed E-state index contributed by atoms with van der Waals surface area (Å²) in [5.41, 5.74) is 0. The number of aromatic nitrogens is 4. The lowest BCUT2D eigenvalue weighted by molar-refractivity contribution is -0.115. The first-order valence-corrected chi connectivity index (χ1v) is 6.42. The highest BCUT2D eigenvalue weighted by molar-refractivity contribution is 7.20. The average Bonchev–Trinajstić information content (AvgIpc) is 2.79. The standard InChI is InChI=1S/C10H15N5OS/c1-4-8(16)11-9-14-15-7(5-6(2)3)12-13-10(15)17-9/h6H,4-5H2,1-3H3,(H,11,14,16). The second-order valence-corrected chi connectivity index (χ2v) is 5.17. The average molecular weight is 253 g/mol. The van der Waals surface area contributed by atoms with Crippen molar-refractivity contribution in [1.82, 2.24) is 19.8 Å². The van der Waals surface area contributed by atoms with Gasteiger partial charge < -0.3 is 5.32 Å². The lowest BCUT2D eigenvalue weighted by Crippen LogP contribution is -2.10. The van der Waals surface area contributed by atoms with E-state index < -0.39 is 0 Å². The molecular formula is C10H15N5OS. The molecule has 2 aromatic heterocycles. The second-order valence-electron chi connectivity index (χ2n) is 4.22. The molecule has 0 aliphatic heterocycles. The summed E-state index contributed by atoms with van der Waals surface area (Å²) in [6, 6.07) is 0. The van der Waals surface area contributed by atoms with Crippen LogP contribution in [0.3, 0.4) is 0 Å². The van der Waals surface area contributed by atoms with E-state index in [1.807, 2.05) is 0 Å². The van der Waals surface area contributed by atoms with Crippen LogP contribution in [-0.2, 0) is 11.2 Å². The second kappa shape index (κ2) is 4.79. The summed E-state index contributed by atoms with van der Waals surface area (Å²) < 4.78 is 1.70. The predicted molar refractivity (Wildman–Crippen MR) is 66.1 cm³/mol. The molecule has 17 heavy (non-hydrogen) atoms. The summed E-state index contributed by atoms with van der Waals surface area (Å²) in [5, 5.41) is 15.7. The molecule has 2 heterocycles. The van der Waals surface area contributed by atoms with Gasteiger partial charge in [-0.25, -0.2) is 0 Å². The molecule has 0 unspecified atom stereocenters. The molecule has 0 saturated carbocycles. The lowest BCUT2D eigenvalue weighted by Gasteiger charge is -1.99. The highest BCUT2D eigenvalue weighted by Crippen LogP contribution is 2.19. The van der Waals surface area contributed by atoms with Crippen molar-refractivity contribution >= 4 is 27.3 Å². The topological polar surface area (TPSA) is 72.2 Å². The Labute approximate surface area is 103 Å². The van der Waals surface area contributed by atoms with Crippen LogP contribution in [0, 0.1) is 5.92 Å². The molecule has 1 amide bonds. The molecule has 6 nitrogen and oxygen atoms in total. The number of nitrogens with one attached hydrogen (secondary N) is 1. The lowest BCUT2D eigenvalue weighted by atomic mass is 10.1. The van der Waals surface area contributed by atoms with E-state index in [0.29, 0.717) is 22.4 Å². The fourth-order valence-corrected chi connectivity index (χ4v) is 2.18. The zero-order chi connectivity index (χ0) is 12.4. The number of anilines is 1. The van der Waals surface area contributed by atoms with Crippen molar-refractivity contribution in [2.75, 3.05) is 5.32 Å². The van der Waals surface area contributed by atoms with Gasteiger partial charge in [-0.15, -0.1) is 15.3 Å². The normalized spacial score (nSPS) is 11.3. The summed E-state index contributed by atoms with van der Waals surface area (Å²) in [6.45, 7) is 6.04. The summed E-state index contributed by atoms with van der Waals surface area (Å²) in [6.07, 6.45) is 1.27. The molecule has 0 aliphatic carbocycles. The fraction of sp³-hybridized carbons (Fsp3) is 0.600. The monoisotopic (exact) mass is 253 g/mol. The molecule has 2 rings (SSSR count). The van der Waals surface area contributed by atoms with Gasteiger partial charge in [0, 0.05) is 12.8 Å². The summed E-state index contributed by atoms with van der Waals surface area (Å²) in [5.74, 6) is 1.29. The fourth-order valence-electron chi connectivity index (χ4n) is 1.41. The number of amides is 1. The van der Waals surface area contributed by atoms with Crippen molar-refractivity contribution in [3.05, 3.63) is 5.82 Å². The largest absolute Gasteiger partial charge is 0.301 e. The zero-order valence-corrected chi connectivity index (χ0v) is 10.9. The van der Waals surface area contributed by atoms with Crippen molar-refractivity contribution < 1.29 is 4.79 Å². The summed E-state index contributed by atoms with van der Waals surface area (Å²) in [7, 11) is 0. The first-order chi connectivity index (χ1) is 8.10. The number of carbonyl (C=O) groups is 1. The van der Waals surface area contributed by atoms with Crippen LogP contribution in [0.25, 0.3) is 4.96 Å². The van der Waals surface area contributed by atoms with E-state index in [0.717, 1.165) is 12.2 Å². The third-order valence-electron chi connectivity index (χ3n) is 2.21. The molecule has 0 saturated heterocycles. The van der Waals surface area contributed by atoms with Crippen LogP contribution < -0.4 is 5.32 Å². The Balaban J connectivity index is 2.25. The van der Waals surface area contributed by atoms with Crippen LogP contribution >= 0.6 is 11.3 Å². The first kappa shape index (κ1) is 12.0. The third-order valence-corrected chi connectivity index (χ3v) is 3.03. The Bertz CT molecular complexity index is 530. The Morgan fingerprint density at radius 1 is 1.47 bits per heavy atom. The quantitative estimate of drug-likeness (QED) is 0.900. The smallest absolute Gasteiger partial charge is 0.236 e. The van der Waals surface area contributed by atoms with Gasteiger partial charge in [0.25, 0.3) is 0 Å². The number of fused-ring (bicyclic) bond motifs is 1. The van der Waals surface area contributed by atoms with Crippen LogP contribution in [-0.4, -0.2) is 25.7 Å². The SMILES string of the molecule is CCC(=O)Nc1nn2c(CC(C)C)nnc2s1. The van der Waals surface area contributed by atoms with E-state index in [9.17, 15) is 4.79 Å². The Morgan fingerprint density at radius 3 is 2.88 bits per heavy atom. The Hall–Kier alpha value is -1.50. The third kappa shape index (κ3) is 2.60. The molecule has 0 bridgehead atoms. The van der Waals surface area contributed by atoms with Gasteiger partial charge in [-0.3, -0.25) is 4.79 Å². The van der Waals surface area contributed by atoms with E-state index in [4.69, 9.17) is 0 Å². The highest BCUT2D eigenvalue weighted by Gasteiger charge is 2.13. The van der Waals surface area contributed by atoms with Crippen molar-refractivity contribution in [3.63, 3.8) is 0 Å².